The second kappa shape index (κ2) is 8.09. The summed E-state index contributed by atoms with van der Waals surface area (Å²) in [6.07, 6.45) is 0.965. The van der Waals surface area contributed by atoms with Gasteiger partial charge in [-0.05, 0) is 32.0 Å². The van der Waals surface area contributed by atoms with E-state index < -0.39 is 15.3 Å². The SMILES string of the molecule is CCCNCC(C)S(=O)(=O)Nc1ccc(OC)cc1OC. The Balaban J connectivity index is 2.83. The predicted octanol–water partition coefficient (Wildman–Crippen LogP) is 1.83. The fraction of sp³-hybridized carbons (Fsp3) is 0.571. The molecule has 1 atom stereocenters. The Morgan fingerprint density at radius 2 is 1.95 bits per heavy atom. The van der Waals surface area contributed by atoms with Crippen LogP contribution in [-0.2, 0) is 10.0 Å². The molecule has 7 heteroatoms. The van der Waals surface area contributed by atoms with E-state index in [1.807, 2.05) is 6.92 Å². The molecule has 0 aliphatic heterocycles. The van der Waals surface area contributed by atoms with E-state index in [0.29, 0.717) is 23.7 Å². The maximum Gasteiger partial charge on any atom is 0.236 e. The number of nitrogens with one attached hydrogen (secondary N) is 2. The summed E-state index contributed by atoms with van der Waals surface area (Å²) in [5.41, 5.74) is 0.403. The zero-order valence-electron chi connectivity index (χ0n) is 13.0. The van der Waals surface area contributed by atoms with Crippen LogP contribution in [0.2, 0.25) is 0 Å². The van der Waals surface area contributed by atoms with Crippen molar-refractivity contribution in [2.45, 2.75) is 25.5 Å². The van der Waals surface area contributed by atoms with Crippen LogP contribution in [0.1, 0.15) is 20.3 Å². The topological polar surface area (TPSA) is 76.7 Å². The minimum absolute atomic E-state index is 0.403. The van der Waals surface area contributed by atoms with Crippen molar-refractivity contribution in [3.63, 3.8) is 0 Å². The maximum atomic E-state index is 12.3. The quantitative estimate of drug-likeness (QED) is 0.680. The smallest absolute Gasteiger partial charge is 0.236 e. The second-order valence-corrected chi connectivity index (χ2v) is 6.83. The van der Waals surface area contributed by atoms with Crippen molar-refractivity contribution < 1.29 is 17.9 Å². The summed E-state index contributed by atoms with van der Waals surface area (Å²) < 4.78 is 37.4. The first-order valence-corrected chi connectivity index (χ1v) is 8.43. The average Bonchev–Trinajstić information content (AvgIpc) is 2.47. The molecule has 0 radical (unpaired) electrons. The van der Waals surface area contributed by atoms with E-state index in [1.54, 1.807) is 32.2 Å². The van der Waals surface area contributed by atoms with Gasteiger partial charge in [-0.1, -0.05) is 6.92 Å². The Morgan fingerprint density at radius 3 is 2.52 bits per heavy atom. The number of anilines is 1. The van der Waals surface area contributed by atoms with Gasteiger partial charge in [0.2, 0.25) is 10.0 Å². The van der Waals surface area contributed by atoms with Crippen molar-refractivity contribution in [3.05, 3.63) is 18.2 Å². The first-order valence-electron chi connectivity index (χ1n) is 6.89. The number of benzene rings is 1. The molecule has 1 rings (SSSR count). The fourth-order valence-electron chi connectivity index (χ4n) is 1.73. The Kier molecular flexibility index (Phi) is 6.77. The van der Waals surface area contributed by atoms with Crippen LogP contribution >= 0.6 is 0 Å². The van der Waals surface area contributed by atoms with Crippen molar-refractivity contribution in [2.75, 3.05) is 32.0 Å². The summed E-state index contributed by atoms with van der Waals surface area (Å²) >= 11 is 0. The summed E-state index contributed by atoms with van der Waals surface area (Å²) in [5, 5.41) is 2.56. The largest absolute Gasteiger partial charge is 0.497 e. The van der Waals surface area contributed by atoms with E-state index in [4.69, 9.17) is 9.47 Å². The van der Waals surface area contributed by atoms with Gasteiger partial charge in [-0.2, -0.15) is 0 Å². The lowest BCUT2D eigenvalue weighted by Crippen LogP contribution is -2.35. The molecular weight excluding hydrogens is 292 g/mol. The van der Waals surface area contributed by atoms with Gasteiger partial charge in [-0.15, -0.1) is 0 Å². The van der Waals surface area contributed by atoms with Gasteiger partial charge in [0.1, 0.15) is 11.5 Å². The Morgan fingerprint density at radius 1 is 1.24 bits per heavy atom. The van der Waals surface area contributed by atoms with Crippen LogP contribution in [-0.4, -0.2) is 41.0 Å². The van der Waals surface area contributed by atoms with Gasteiger partial charge >= 0.3 is 0 Å². The molecule has 0 saturated carbocycles. The second-order valence-electron chi connectivity index (χ2n) is 4.73. The maximum absolute atomic E-state index is 12.3. The summed E-state index contributed by atoms with van der Waals surface area (Å²) in [7, 11) is -0.453. The molecule has 1 aromatic carbocycles. The van der Waals surface area contributed by atoms with Crippen molar-refractivity contribution in [1.29, 1.82) is 0 Å². The van der Waals surface area contributed by atoms with E-state index in [9.17, 15) is 8.42 Å². The van der Waals surface area contributed by atoms with E-state index in [2.05, 4.69) is 10.0 Å². The monoisotopic (exact) mass is 316 g/mol. The van der Waals surface area contributed by atoms with Crippen LogP contribution in [0.15, 0.2) is 18.2 Å². The number of rotatable bonds is 9. The molecule has 0 amide bonds. The highest BCUT2D eigenvalue weighted by molar-refractivity contribution is 7.93. The molecule has 0 heterocycles. The molecular formula is C14H24N2O4S. The highest BCUT2D eigenvalue weighted by Crippen LogP contribution is 2.30. The highest BCUT2D eigenvalue weighted by Gasteiger charge is 2.21. The minimum Gasteiger partial charge on any atom is -0.497 e. The number of hydrogen-bond donors (Lipinski definition) is 2. The summed E-state index contributed by atoms with van der Waals surface area (Å²) in [5.74, 6) is 1.03. The third-order valence-electron chi connectivity index (χ3n) is 3.05. The van der Waals surface area contributed by atoms with Crippen LogP contribution in [0, 0.1) is 0 Å². The lowest BCUT2D eigenvalue weighted by molar-refractivity contribution is 0.395. The first-order chi connectivity index (χ1) is 9.94. The van der Waals surface area contributed by atoms with Crippen molar-refractivity contribution in [1.82, 2.24) is 5.32 Å². The van der Waals surface area contributed by atoms with Crippen molar-refractivity contribution >= 4 is 15.7 Å². The Hall–Kier alpha value is -1.47. The molecule has 0 spiro atoms. The van der Waals surface area contributed by atoms with E-state index in [1.165, 1.54) is 7.11 Å². The number of sulfonamides is 1. The zero-order chi connectivity index (χ0) is 15.9. The van der Waals surface area contributed by atoms with E-state index >= 15 is 0 Å². The molecule has 0 bridgehead atoms. The third-order valence-corrected chi connectivity index (χ3v) is 4.78. The molecule has 120 valence electrons. The van der Waals surface area contributed by atoms with Gasteiger partial charge < -0.3 is 14.8 Å². The molecule has 21 heavy (non-hydrogen) atoms. The minimum atomic E-state index is -3.48. The predicted molar refractivity (Wildman–Crippen MR) is 84.7 cm³/mol. The van der Waals surface area contributed by atoms with Gasteiger partial charge in [0.05, 0.1) is 25.2 Å². The zero-order valence-corrected chi connectivity index (χ0v) is 13.8. The lowest BCUT2D eigenvalue weighted by atomic mass is 10.3. The first kappa shape index (κ1) is 17.6. The molecule has 1 aromatic rings. The van der Waals surface area contributed by atoms with Crippen molar-refractivity contribution in [3.8, 4) is 11.5 Å². The Labute approximate surface area is 126 Å². The summed E-state index contributed by atoms with van der Waals surface area (Å²) in [4.78, 5) is 0. The molecule has 6 nitrogen and oxygen atoms in total. The van der Waals surface area contributed by atoms with Crippen LogP contribution in [0.4, 0.5) is 5.69 Å². The standard InChI is InChI=1S/C14H24N2O4S/c1-5-8-15-10-11(2)21(17,18)16-13-7-6-12(19-3)9-14(13)20-4/h6-7,9,11,15-16H,5,8,10H2,1-4H3. The summed E-state index contributed by atoms with van der Waals surface area (Å²) in [6, 6.07) is 4.94. The van der Waals surface area contributed by atoms with Crippen LogP contribution in [0.5, 0.6) is 11.5 Å². The molecule has 0 fully saturated rings. The van der Waals surface area contributed by atoms with Gasteiger partial charge in [-0.3, -0.25) is 4.72 Å². The lowest BCUT2D eigenvalue weighted by Gasteiger charge is -2.17. The van der Waals surface area contributed by atoms with Gasteiger partial charge in [0.15, 0.2) is 0 Å². The fourth-order valence-corrected chi connectivity index (χ4v) is 2.74. The Bertz CT molecular complexity index is 546. The molecule has 1 unspecified atom stereocenters. The molecule has 0 aliphatic carbocycles. The number of hydrogen-bond acceptors (Lipinski definition) is 5. The highest BCUT2D eigenvalue weighted by atomic mass is 32.2. The van der Waals surface area contributed by atoms with Crippen molar-refractivity contribution in [2.24, 2.45) is 0 Å². The molecule has 0 aromatic heterocycles. The normalized spacial score (nSPS) is 12.8. The van der Waals surface area contributed by atoms with Crippen LogP contribution in [0.25, 0.3) is 0 Å². The van der Waals surface area contributed by atoms with Crippen LogP contribution in [0.3, 0.4) is 0 Å². The third kappa shape index (κ3) is 5.09. The average molecular weight is 316 g/mol. The number of methoxy groups -OCH3 is 2. The van der Waals surface area contributed by atoms with Gasteiger partial charge in [-0.25, -0.2) is 8.42 Å². The molecule has 0 aliphatic rings. The van der Waals surface area contributed by atoms with E-state index in [0.717, 1.165) is 13.0 Å². The summed E-state index contributed by atoms with van der Waals surface area (Å²) in [6.45, 7) is 4.90. The molecule has 0 saturated heterocycles. The molecule has 2 N–H and O–H groups in total. The number of ether oxygens (including phenoxy) is 2. The van der Waals surface area contributed by atoms with Gasteiger partial charge in [0, 0.05) is 12.6 Å². The van der Waals surface area contributed by atoms with Gasteiger partial charge in [0.25, 0.3) is 0 Å². The van der Waals surface area contributed by atoms with E-state index in [-0.39, 0.29) is 0 Å². The van der Waals surface area contributed by atoms with Crippen LogP contribution < -0.4 is 19.5 Å².